The minimum absolute atomic E-state index is 0.302. The highest BCUT2D eigenvalue weighted by Crippen LogP contribution is 2.27. The maximum atomic E-state index is 6.01. The number of hydrogen-bond donors (Lipinski definition) is 1. The molecular weight excluding hydrogens is 234 g/mol. The van der Waals surface area contributed by atoms with Crippen molar-refractivity contribution in [3.63, 3.8) is 0 Å². The van der Waals surface area contributed by atoms with Crippen molar-refractivity contribution in [3.05, 3.63) is 29.6 Å². The molecule has 0 spiro atoms. The number of pyridine rings is 1. The second kappa shape index (κ2) is 7.01. The number of aryl methyl sites for hydroxylation is 1. The first-order chi connectivity index (χ1) is 9.22. The van der Waals surface area contributed by atoms with E-state index in [4.69, 9.17) is 5.73 Å². The summed E-state index contributed by atoms with van der Waals surface area (Å²) in [7, 11) is 2.21. The lowest BCUT2D eigenvalue weighted by Crippen LogP contribution is -2.35. The summed E-state index contributed by atoms with van der Waals surface area (Å²) >= 11 is 0. The van der Waals surface area contributed by atoms with Gasteiger partial charge in [0, 0.05) is 31.5 Å². The van der Waals surface area contributed by atoms with Gasteiger partial charge in [0.05, 0.1) is 0 Å². The van der Waals surface area contributed by atoms with Gasteiger partial charge in [0.1, 0.15) is 0 Å². The average Bonchev–Trinajstić information content (AvgIpc) is 2.43. The zero-order valence-corrected chi connectivity index (χ0v) is 12.3. The van der Waals surface area contributed by atoms with E-state index in [0.717, 1.165) is 12.5 Å². The molecule has 0 aliphatic heterocycles. The Bertz CT molecular complexity index is 385. The van der Waals surface area contributed by atoms with Crippen LogP contribution in [0.1, 0.15) is 49.3 Å². The van der Waals surface area contributed by atoms with Gasteiger partial charge in [-0.15, -0.1) is 0 Å². The van der Waals surface area contributed by atoms with Gasteiger partial charge in [-0.05, 0) is 49.9 Å². The first-order valence-corrected chi connectivity index (χ1v) is 7.53. The quantitative estimate of drug-likeness (QED) is 0.886. The summed E-state index contributed by atoms with van der Waals surface area (Å²) in [5.74, 6) is 0.852. The van der Waals surface area contributed by atoms with Gasteiger partial charge >= 0.3 is 0 Å². The van der Waals surface area contributed by atoms with Crippen LogP contribution in [0.5, 0.6) is 0 Å². The van der Waals surface area contributed by atoms with Gasteiger partial charge in [-0.25, -0.2) is 0 Å². The number of nitrogens with two attached hydrogens (primary N) is 1. The molecule has 0 radical (unpaired) electrons. The van der Waals surface area contributed by atoms with Crippen LogP contribution in [0.3, 0.4) is 0 Å². The van der Waals surface area contributed by atoms with Gasteiger partial charge in [0.2, 0.25) is 0 Å². The fourth-order valence-corrected chi connectivity index (χ4v) is 3.27. The van der Waals surface area contributed by atoms with Crippen molar-refractivity contribution in [1.82, 2.24) is 9.88 Å². The van der Waals surface area contributed by atoms with Gasteiger partial charge in [-0.2, -0.15) is 0 Å². The predicted molar refractivity (Wildman–Crippen MR) is 80.0 cm³/mol. The second-order valence-electron chi connectivity index (χ2n) is 5.93. The van der Waals surface area contributed by atoms with E-state index < -0.39 is 0 Å². The highest BCUT2D eigenvalue weighted by molar-refractivity contribution is 5.25. The molecule has 1 aromatic rings. The lowest BCUT2D eigenvalue weighted by atomic mass is 9.88. The average molecular weight is 261 g/mol. The zero-order chi connectivity index (χ0) is 13.7. The summed E-state index contributed by atoms with van der Waals surface area (Å²) in [5, 5.41) is 0. The van der Waals surface area contributed by atoms with Crippen molar-refractivity contribution in [2.75, 3.05) is 20.1 Å². The lowest BCUT2D eigenvalue weighted by Gasteiger charge is -2.33. The van der Waals surface area contributed by atoms with E-state index in [-0.39, 0.29) is 0 Å². The largest absolute Gasteiger partial charge is 0.329 e. The number of aromatic nitrogens is 1. The van der Waals surface area contributed by atoms with Crippen LogP contribution in [0.15, 0.2) is 18.5 Å². The molecule has 1 aromatic heterocycles. The SMILES string of the molecule is Cc1ccncc1C(CN)N(C)CC1CCCCC1. The Hall–Kier alpha value is -0.930. The Morgan fingerprint density at radius 3 is 2.74 bits per heavy atom. The lowest BCUT2D eigenvalue weighted by molar-refractivity contribution is 0.185. The highest BCUT2D eigenvalue weighted by atomic mass is 15.1. The molecule has 1 unspecified atom stereocenters. The van der Waals surface area contributed by atoms with Crippen molar-refractivity contribution < 1.29 is 0 Å². The third kappa shape index (κ3) is 3.77. The molecule has 19 heavy (non-hydrogen) atoms. The van der Waals surface area contributed by atoms with Crippen molar-refractivity contribution in [3.8, 4) is 0 Å². The van der Waals surface area contributed by atoms with Crippen LogP contribution in [-0.4, -0.2) is 30.0 Å². The van der Waals surface area contributed by atoms with E-state index in [1.807, 2.05) is 12.4 Å². The fraction of sp³-hybridized carbons (Fsp3) is 0.688. The zero-order valence-electron chi connectivity index (χ0n) is 12.3. The van der Waals surface area contributed by atoms with E-state index in [1.165, 1.54) is 43.2 Å². The van der Waals surface area contributed by atoms with Crippen LogP contribution >= 0.6 is 0 Å². The molecule has 106 valence electrons. The van der Waals surface area contributed by atoms with E-state index in [2.05, 4.69) is 29.9 Å². The Morgan fingerprint density at radius 2 is 2.11 bits per heavy atom. The topological polar surface area (TPSA) is 42.1 Å². The van der Waals surface area contributed by atoms with Gasteiger partial charge in [-0.3, -0.25) is 9.88 Å². The fourth-order valence-electron chi connectivity index (χ4n) is 3.27. The molecule has 3 nitrogen and oxygen atoms in total. The summed E-state index contributed by atoms with van der Waals surface area (Å²) in [4.78, 5) is 6.69. The number of likely N-dealkylation sites (N-methyl/N-ethyl adjacent to an activating group) is 1. The van der Waals surface area contributed by atoms with E-state index >= 15 is 0 Å². The Morgan fingerprint density at radius 1 is 1.37 bits per heavy atom. The summed E-state index contributed by atoms with van der Waals surface area (Å²) in [6.07, 6.45) is 10.8. The van der Waals surface area contributed by atoms with Crippen LogP contribution in [0.25, 0.3) is 0 Å². The van der Waals surface area contributed by atoms with Gasteiger partial charge in [0.25, 0.3) is 0 Å². The molecule has 2 rings (SSSR count). The van der Waals surface area contributed by atoms with Gasteiger partial charge < -0.3 is 5.73 Å². The first-order valence-electron chi connectivity index (χ1n) is 7.53. The maximum absolute atomic E-state index is 6.01. The van der Waals surface area contributed by atoms with Crippen LogP contribution < -0.4 is 5.73 Å². The Labute approximate surface area is 117 Å². The van der Waals surface area contributed by atoms with Crippen molar-refractivity contribution >= 4 is 0 Å². The van der Waals surface area contributed by atoms with Crippen molar-refractivity contribution in [2.45, 2.75) is 45.1 Å². The molecule has 0 saturated heterocycles. The molecule has 2 N–H and O–H groups in total. The minimum Gasteiger partial charge on any atom is -0.329 e. The molecule has 1 atom stereocenters. The summed E-state index contributed by atoms with van der Waals surface area (Å²) in [6, 6.07) is 2.38. The minimum atomic E-state index is 0.302. The smallest absolute Gasteiger partial charge is 0.0485 e. The number of hydrogen-bond acceptors (Lipinski definition) is 3. The first kappa shape index (κ1) is 14.5. The highest BCUT2D eigenvalue weighted by Gasteiger charge is 2.22. The summed E-state index contributed by atoms with van der Waals surface area (Å²) < 4.78 is 0. The molecule has 1 heterocycles. The third-order valence-corrected chi connectivity index (χ3v) is 4.46. The molecule has 0 aromatic carbocycles. The molecule has 0 amide bonds. The number of nitrogens with zero attached hydrogens (tertiary/aromatic N) is 2. The van der Waals surface area contributed by atoms with Crippen LogP contribution in [0.2, 0.25) is 0 Å². The van der Waals surface area contributed by atoms with Crippen LogP contribution in [-0.2, 0) is 0 Å². The molecule has 1 aliphatic rings. The summed E-state index contributed by atoms with van der Waals surface area (Å²) in [5.41, 5.74) is 8.58. The van der Waals surface area contributed by atoms with E-state index in [0.29, 0.717) is 12.6 Å². The third-order valence-electron chi connectivity index (χ3n) is 4.46. The molecule has 1 fully saturated rings. The summed E-state index contributed by atoms with van der Waals surface area (Å²) in [6.45, 7) is 3.97. The molecule has 3 heteroatoms. The predicted octanol–water partition coefficient (Wildman–Crippen LogP) is 2.90. The van der Waals surface area contributed by atoms with E-state index in [9.17, 15) is 0 Å². The van der Waals surface area contributed by atoms with Crippen LogP contribution in [0.4, 0.5) is 0 Å². The molecule has 1 aliphatic carbocycles. The molecule has 0 bridgehead atoms. The Kier molecular flexibility index (Phi) is 5.34. The van der Waals surface area contributed by atoms with Crippen LogP contribution in [0, 0.1) is 12.8 Å². The Balaban J connectivity index is 2.02. The van der Waals surface area contributed by atoms with Crippen molar-refractivity contribution in [2.24, 2.45) is 11.7 Å². The maximum Gasteiger partial charge on any atom is 0.0485 e. The number of rotatable bonds is 5. The normalized spacial score (nSPS) is 18.7. The monoisotopic (exact) mass is 261 g/mol. The standard InChI is InChI=1S/C16H27N3/c1-13-8-9-18-11-15(13)16(10-17)19(2)12-14-6-4-3-5-7-14/h8-9,11,14,16H,3-7,10,12,17H2,1-2H3. The van der Waals surface area contributed by atoms with Gasteiger partial charge in [-0.1, -0.05) is 19.3 Å². The second-order valence-corrected chi connectivity index (χ2v) is 5.93. The van der Waals surface area contributed by atoms with Crippen molar-refractivity contribution in [1.29, 1.82) is 0 Å². The molecule has 1 saturated carbocycles. The van der Waals surface area contributed by atoms with Gasteiger partial charge in [0.15, 0.2) is 0 Å². The van der Waals surface area contributed by atoms with E-state index in [1.54, 1.807) is 0 Å². The molecular formula is C16H27N3.